The maximum absolute atomic E-state index is 13.0. The highest BCUT2D eigenvalue weighted by Crippen LogP contribution is 2.39. The van der Waals surface area contributed by atoms with Crippen molar-refractivity contribution in [3.05, 3.63) is 0 Å². The molecular weight excluding hydrogens is 264 g/mol. The van der Waals surface area contributed by atoms with Gasteiger partial charge in [-0.1, -0.05) is 33.6 Å². The van der Waals surface area contributed by atoms with E-state index in [2.05, 4.69) is 31.0 Å². The summed E-state index contributed by atoms with van der Waals surface area (Å²) in [5.41, 5.74) is -0.240. The van der Waals surface area contributed by atoms with Gasteiger partial charge in [-0.3, -0.25) is 10.1 Å². The van der Waals surface area contributed by atoms with Gasteiger partial charge in [-0.2, -0.15) is 0 Å². The standard InChI is InChI=1S/C17H30N2O2/c1-4-14-13(7-10-21-14)11-19-15(12(2)3)18-17(16(19)20)8-5-6-9-17/h12-15,18H,4-11H2,1-3H3. The molecule has 120 valence electrons. The summed E-state index contributed by atoms with van der Waals surface area (Å²) in [5, 5.41) is 3.71. The van der Waals surface area contributed by atoms with Gasteiger partial charge in [-0.25, -0.2) is 0 Å². The number of nitrogens with zero attached hydrogens (tertiary/aromatic N) is 1. The van der Waals surface area contributed by atoms with Crippen LogP contribution in [0.3, 0.4) is 0 Å². The summed E-state index contributed by atoms with van der Waals surface area (Å²) < 4.78 is 5.81. The second-order valence-corrected chi connectivity index (χ2v) is 7.45. The van der Waals surface area contributed by atoms with Crippen LogP contribution in [-0.4, -0.2) is 41.8 Å². The van der Waals surface area contributed by atoms with Crippen LogP contribution in [-0.2, 0) is 9.53 Å². The molecule has 3 atom stereocenters. The van der Waals surface area contributed by atoms with Crippen LogP contribution < -0.4 is 5.32 Å². The summed E-state index contributed by atoms with van der Waals surface area (Å²) in [6.45, 7) is 8.35. The van der Waals surface area contributed by atoms with Gasteiger partial charge in [0, 0.05) is 19.1 Å². The lowest BCUT2D eigenvalue weighted by atomic mass is 9.96. The van der Waals surface area contributed by atoms with Crippen molar-refractivity contribution in [2.45, 2.75) is 77.1 Å². The van der Waals surface area contributed by atoms with Crippen LogP contribution in [0.15, 0.2) is 0 Å². The number of carbonyl (C=O) groups excluding carboxylic acids is 1. The van der Waals surface area contributed by atoms with Gasteiger partial charge in [0.05, 0.1) is 17.8 Å². The molecule has 1 saturated carbocycles. The molecule has 3 rings (SSSR count). The summed E-state index contributed by atoms with van der Waals surface area (Å²) in [4.78, 5) is 15.2. The first-order chi connectivity index (χ1) is 10.1. The second-order valence-electron chi connectivity index (χ2n) is 7.45. The molecule has 1 spiro atoms. The molecule has 2 saturated heterocycles. The number of carbonyl (C=O) groups is 1. The number of hydrogen-bond acceptors (Lipinski definition) is 3. The normalized spacial score (nSPS) is 35.5. The third kappa shape index (κ3) is 2.61. The minimum atomic E-state index is -0.240. The topological polar surface area (TPSA) is 41.6 Å². The molecule has 0 aromatic heterocycles. The van der Waals surface area contributed by atoms with Crippen molar-refractivity contribution >= 4 is 5.91 Å². The van der Waals surface area contributed by atoms with E-state index in [0.29, 0.717) is 23.8 Å². The van der Waals surface area contributed by atoms with Gasteiger partial charge < -0.3 is 9.64 Å². The van der Waals surface area contributed by atoms with Crippen LogP contribution >= 0.6 is 0 Å². The summed E-state index contributed by atoms with van der Waals surface area (Å²) >= 11 is 0. The van der Waals surface area contributed by atoms with E-state index < -0.39 is 0 Å². The lowest BCUT2D eigenvalue weighted by molar-refractivity contribution is -0.134. The zero-order valence-electron chi connectivity index (χ0n) is 13.7. The number of hydrogen-bond donors (Lipinski definition) is 1. The van der Waals surface area contributed by atoms with Crippen molar-refractivity contribution < 1.29 is 9.53 Å². The van der Waals surface area contributed by atoms with Crippen molar-refractivity contribution in [1.29, 1.82) is 0 Å². The molecule has 4 heteroatoms. The largest absolute Gasteiger partial charge is 0.378 e. The molecule has 0 aromatic rings. The predicted octanol–water partition coefficient (Wildman–Crippen LogP) is 2.53. The molecule has 1 aliphatic carbocycles. The van der Waals surface area contributed by atoms with E-state index in [9.17, 15) is 4.79 Å². The molecule has 1 N–H and O–H groups in total. The maximum Gasteiger partial charge on any atom is 0.244 e. The first-order valence-electron chi connectivity index (χ1n) is 8.78. The molecule has 2 heterocycles. The van der Waals surface area contributed by atoms with Crippen molar-refractivity contribution in [2.75, 3.05) is 13.2 Å². The van der Waals surface area contributed by atoms with Gasteiger partial charge in [0.15, 0.2) is 0 Å². The monoisotopic (exact) mass is 294 g/mol. The van der Waals surface area contributed by atoms with Gasteiger partial charge in [0.25, 0.3) is 0 Å². The highest BCUT2D eigenvalue weighted by Gasteiger charge is 2.53. The Kier molecular flexibility index (Phi) is 4.28. The Morgan fingerprint density at radius 1 is 1.38 bits per heavy atom. The Morgan fingerprint density at radius 3 is 2.71 bits per heavy atom. The lowest BCUT2D eigenvalue weighted by Gasteiger charge is -2.30. The highest BCUT2D eigenvalue weighted by molar-refractivity contribution is 5.89. The maximum atomic E-state index is 13.0. The third-order valence-electron chi connectivity index (χ3n) is 5.70. The van der Waals surface area contributed by atoms with Crippen LogP contribution in [0, 0.1) is 11.8 Å². The van der Waals surface area contributed by atoms with Crippen molar-refractivity contribution in [1.82, 2.24) is 10.2 Å². The van der Waals surface area contributed by atoms with Gasteiger partial charge in [0.2, 0.25) is 5.91 Å². The van der Waals surface area contributed by atoms with Gasteiger partial charge in [-0.05, 0) is 31.6 Å². The zero-order chi connectivity index (χ0) is 15.0. The zero-order valence-corrected chi connectivity index (χ0v) is 13.7. The average molecular weight is 294 g/mol. The van der Waals surface area contributed by atoms with E-state index in [1.165, 1.54) is 12.8 Å². The molecule has 3 aliphatic rings. The van der Waals surface area contributed by atoms with Crippen molar-refractivity contribution in [3.63, 3.8) is 0 Å². The molecule has 0 radical (unpaired) electrons. The Morgan fingerprint density at radius 2 is 2.10 bits per heavy atom. The smallest absolute Gasteiger partial charge is 0.244 e. The fourth-order valence-corrected chi connectivity index (χ4v) is 4.49. The Hall–Kier alpha value is -0.610. The predicted molar refractivity (Wildman–Crippen MR) is 82.8 cm³/mol. The third-order valence-corrected chi connectivity index (χ3v) is 5.70. The van der Waals surface area contributed by atoms with Gasteiger partial charge >= 0.3 is 0 Å². The first kappa shape index (κ1) is 15.3. The molecule has 3 unspecified atom stereocenters. The van der Waals surface area contributed by atoms with E-state index in [1.807, 2.05) is 0 Å². The van der Waals surface area contributed by atoms with Gasteiger partial charge in [0.1, 0.15) is 0 Å². The quantitative estimate of drug-likeness (QED) is 0.866. The minimum Gasteiger partial charge on any atom is -0.378 e. The van der Waals surface area contributed by atoms with Crippen LogP contribution in [0.5, 0.6) is 0 Å². The fourth-order valence-electron chi connectivity index (χ4n) is 4.49. The number of ether oxygens (including phenoxy) is 1. The Labute approximate surface area is 128 Å². The summed E-state index contributed by atoms with van der Waals surface area (Å²) in [5.74, 6) is 1.33. The Bertz CT molecular complexity index is 390. The van der Waals surface area contributed by atoms with E-state index in [-0.39, 0.29) is 11.7 Å². The number of amides is 1. The number of rotatable bonds is 4. The van der Waals surface area contributed by atoms with Crippen LogP contribution in [0.25, 0.3) is 0 Å². The average Bonchev–Trinajstić information content (AvgIpc) is 3.16. The van der Waals surface area contributed by atoms with Crippen molar-refractivity contribution in [3.8, 4) is 0 Å². The van der Waals surface area contributed by atoms with Crippen LogP contribution in [0.1, 0.15) is 59.3 Å². The SMILES string of the molecule is CCC1OCCC1CN1C(=O)C2(CCCC2)NC1C(C)C. The minimum absolute atomic E-state index is 0.203. The second kappa shape index (κ2) is 5.88. The molecule has 1 amide bonds. The molecule has 2 aliphatic heterocycles. The van der Waals surface area contributed by atoms with E-state index in [4.69, 9.17) is 4.74 Å². The van der Waals surface area contributed by atoms with Gasteiger partial charge in [-0.15, -0.1) is 0 Å². The van der Waals surface area contributed by atoms with E-state index in [1.54, 1.807) is 0 Å². The van der Waals surface area contributed by atoms with Crippen molar-refractivity contribution in [2.24, 2.45) is 11.8 Å². The summed E-state index contributed by atoms with van der Waals surface area (Å²) in [7, 11) is 0. The highest BCUT2D eigenvalue weighted by atomic mass is 16.5. The first-order valence-corrected chi connectivity index (χ1v) is 8.78. The lowest BCUT2D eigenvalue weighted by Crippen LogP contribution is -2.46. The molecular formula is C17H30N2O2. The molecule has 0 aromatic carbocycles. The number of nitrogens with one attached hydrogen (secondary N) is 1. The van der Waals surface area contributed by atoms with Crippen LogP contribution in [0.2, 0.25) is 0 Å². The van der Waals surface area contributed by atoms with E-state index >= 15 is 0 Å². The molecule has 3 fully saturated rings. The van der Waals surface area contributed by atoms with E-state index in [0.717, 1.165) is 38.8 Å². The molecule has 21 heavy (non-hydrogen) atoms. The Balaban J connectivity index is 1.76. The fraction of sp³-hybridized carbons (Fsp3) is 0.941. The molecule has 4 nitrogen and oxygen atoms in total. The summed E-state index contributed by atoms with van der Waals surface area (Å²) in [6.07, 6.45) is 7.09. The summed E-state index contributed by atoms with van der Waals surface area (Å²) in [6, 6.07) is 0. The van der Waals surface area contributed by atoms with Crippen LogP contribution in [0.4, 0.5) is 0 Å². The molecule has 0 bridgehead atoms.